The van der Waals surface area contributed by atoms with Gasteiger partial charge in [0.1, 0.15) is 0 Å². The molecule has 0 amide bonds. The van der Waals surface area contributed by atoms with Gasteiger partial charge in [-0.3, -0.25) is 0 Å². The maximum Gasteiger partial charge on any atom is 0.168 e. The number of sulfone groups is 2. The van der Waals surface area contributed by atoms with Crippen molar-refractivity contribution in [3.05, 3.63) is 0 Å². The molecule has 0 fully saturated rings. The average molecular weight is 372 g/mol. The summed E-state index contributed by atoms with van der Waals surface area (Å²) in [7, 11) is -7.09. The lowest BCUT2D eigenvalue weighted by atomic mass is 10.9. The Morgan fingerprint density at radius 1 is 0.929 bits per heavy atom. The Morgan fingerprint density at radius 3 is 1.43 bits per heavy atom. The van der Waals surface area contributed by atoms with Crippen LogP contribution in [0.1, 0.15) is 6.92 Å². The van der Waals surface area contributed by atoms with Gasteiger partial charge in [0.2, 0.25) is 0 Å². The van der Waals surface area contributed by atoms with Crippen LogP contribution in [0.5, 0.6) is 0 Å². The number of hydrogen-bond donors (Lipinski definition) is 0. The smallest absolute Gasteiger partial charge is 0.168 e. The second kappa shape index (κ2) is 5.81. The molecule has 0 atom stereocenters. The van der Waals surface area contributed by atoms with Gasteiger partial charge in [0.05, 0.1) is 11.5 Å². The van der Waals surface area contributed by atoms with Crippen molar-refractivity contribution in [2.24, 2.45) is 0 Å². The van der Waals surface area contributed by atoms with E-state index in [1.807, 2.05) is 0 Å². The fourth-order valence-electron chi connectivity index (χ4n) is 0.770. The first-order chi connectivity index (χ1) is 6.28. The molecule has 0 aliphatic heterocycles. The van der Waals surface area contributed by atoms with Crippen LogP contribution < -0.4 is 0 Å². The van der Waals surface area contributed by atoms with Crippen molar-refractivity contribution in [2.75, 3.05) is 22.2 Å². The minimum absolute atomic E-state index is 0.157. The summed E-state index contributed by atoms with van der Waals surface area (Å²) in [5.41, 5.74) is 0. The highest BCUT2D eigenvalue weighted by Gasteiger charge is 2.31. The molecular formula is C6H12Br2O4S2. The molecule has 0 N–H and O–H groups in total. The lowest BCUT2D eigenvalue weighted by Gasteiger charge is -2.11. The number of rotatable bonds is 6. The zero-order chi connectivity index (χ0) is 11.4. The lowest BCUT2D eigenvalue weighted by Crippen LogP contribution is -2.32. The maximum absolute atomic E-state index is 11.4. The average Bonchev–Trinajstić information content (AvgIpc) is 2.02. The van der Waals surface area contributed by atoms with Gasteiger partial charge in [-0.2, -0.15) is 0 Å². The van der Waals surface area contributed by atoms with Gasteiger partial charge in [-0.1, -0.05) is 31.9 Å². The van der Waals surface area contributed by atoms with E-state index in [0.29, 0.717) is 0 Å². The SMILES string of the molecule is CC(S(=O)(=O)CCBr)S(=O)(=O)CCBr. The molecule has 0 heterocycles. The summed E-state index contributed by atoms with van der Waals surface area (Å²) in [6, 6.07) is 0. The van der Waals surface area contributed by atoms with E-state index in [0.717, 1.165) is 0 Å². The number of alkyl halides is 2. The van der Waals surface area contributed by atoms with Gasteiger partial charge in [0.15, 0.2) is 24.3 Å². The van der Waals surface area contributed by atoms with E-state index in [4.69, 9.17) is 0 Å². The lowest BCUT2D eigenvalue weighted by molar-refractivity contribution is 0.579. The fraction of sp³-hybridized carbons (Fsp3) is 1.00. The third kappa shape index (κ3) is 4.16. The molecule has 8 heteroatoms. The van der Waals surface area contributed by atoms with Crippen LogP contribution in [0.15, 0.2) is 0 Å². The molecule has 0 unspecified atom stereocenters. The van der Waals surface area contributed by atoms with Crippen molar-refractivity contribution in [1.82, 2.24) is 0 Å². The molecule has 0 aliphatic carbocycles. The van der Waals surface area contributed by atoms with Crippen molar-refractivity contribution < 1.29 is 16.8 Å². The first-order valence-electron chi connectivity index (χ1n) is 3.83. The molecule has 0 saturated heterocycles. The van der Waals surface area contributed by atoms with Gasteiger partial charge in [0, 0.05) is 10.7 Å². The third-order valence-corrected chi connectivity index (χ3v) is 8.91. The first kappa shape index (κ1) is 14.9. The van der Waals surface area contributed by atoms with E-state index in [1.165, 1.54) is 6.92 Å². The van der Waals surface area contributed by atoms with E-state index in [2.05, 4.69) is 31.9 Å². The Hall–Kier alpha value is 0.860. The van der Waals surface area contributed by atoms with Gasteiger partial charge in [-0.15, -0.1) is 0 Å². The molecular weight excluding hydrogens is 360 g/mol. The van der Waals surface area contributed by atoms with Crippen LogP contribution in [0.4, 0.5) is 0 Å². The molecule has 0 aromatic carbocycles. The quantitative estimate of drug-likeness (QED) is 0.652. The van der Waals surface area contributed by atoms with Gasteiger partial charge in [-0.05, 0) is 6.92 Å². The highest BCUT2D eigenvalue weighted by molar-refractivity contribution is 9.09. The summed E-state index contributed by atoms with van der Waals surface area (Å²) in [6.45, 7) is 1.22. The summed E-state index contributed by atoms with van der Waals surface area (Å²) in [6.07, 6.45) is 0. The molecule has 0 rings (SSSR count). The summed E-state index contributed by atoms with van der Waals surface area (Å²) >= 11 is 5.95. The van der Waals surface area contributed by atoms with E-state index in [-0.39, 0.29) is 22.2 Å². The summed E-state index contributed by atoms with van der Waals surface area (Å²) in [5.74, 6) is -0.314. The standard InChI is InChI=1S/C6H12Br2O4S2/c1-6(13(9,10)4-2-7)14(11,12)5-3-8/h6H,2-5H2,1H3. The van der Waals surface area contributed by atoms with Gasteiger partial charge in [-0.25, -0.2) is 16.8 Å². The molecule has 86 valence electrons. The van der Waals surface area contributed by atoms with Crippen molar-refractivity contribution in [3.63, 3.8) is 0 Å². The van der Waals surface area contributed by atoms with Gasteiger partial charge >= 0.3 is 0 Å². The predicted molar refractivity (Wildman–Crippen MR) is 64.6 cm³/mol. The number of halogens is 2. The van der Waals surface area contributed by atoms with E-state index < -0.39 is 24.3 Å². The fourth-order valence-corrected chi connectivity index (χ4v) is 6.94. The molecule has 14 heavy (non-hydrogen) atoms. The Labute approximate surface area is 102 Å². The Balaban J connectivity index is 4.87. The molecule has 0 aromatic heterocycles. The van der Waals surface area contributed by atoms with E-state index in [9.17, 15) is 16.8 Å². The predicted octanol–water partition coefficient (Wildman–Crippen LogP) is 0.952. The summed E-state index contributed by atoms with van der Waals surface area (Å²) in [5, 5.41) is 0.507. The molecule has 0 aromatic rings. The Bertz CT molecular complexity index is 323. The van der Waals surface area contributed by atoms with Crippen molar-refractivity contribution in [3.8, 4) is 0 Å². The maximum atomic E-state index is 11.4. The van der Waals surface area contributed by atoms with Crippen LogP contribution in [-0.2, 0) is 19.7 Å². The first-order valence-corrected chi connectivity index (χ1v) is 9.50. The summed E-state index contributed by atoms with van der Waals surface area (Å²) in [4.78, 5) is 0. The van der Waals surface area contributed by atoms with Crippen LogP contribution in [0.2, 0.25) is 0 Å². The normalized spacial score (nSPS) is 13.4. The summed E-state index contributed by atoms with van der Waals surface area (Å²) < 4.78 is 44.4. The Morgan fingerprint density at radius 2 is 1.21 bits per heavy atom. The van der Waals surface area contributed by atoms with Crippen LogP contribution >= 0.6 is 31.9 Å². The van der Waals surface area contributed by atoms with Gasteiger partial charge < -0.3 is 0 Å². The molecule has 4 nitrogen and oxygen atoms in total. The number of hydrogen-bond acceptors (Lipinski definition) is 4. The third-order valence-electron chi connectivity index (χ3n) is 1.73. The van der Waals surface area contributed by atoms with Gasteiger partial charge in [0.25, 0.3) is 0 Å². The van der Waals surface area contributed by atoms with Crippen molar-refractivity contribution in [2.45, 2.75) is 11.5 Å². The minimum atomic E-state index is -3.55. The van der Waals surface area contributed by atoms with Crippen LogP contribution in [0, 0.1) is 0 Å². The van der Waals surface area contributed by atoms with E-state index in [1.54, 1.807) is 0 Å². The van der Waals surface area contributed by atoms with Crippen LogP contribution in [0.25, 0.3) is 0 Å². The van der Waals surface area contributed by atoms with E-state index >= 15 is 0 Å². The topological polar surface area (TPSA) is 68.3 Å². The van der Waals surface area contributed by atoms with Crippen molar-refractivity contribution in [1.29, 1.82) is 0 Å². The van der Waals surface area contributed by atoms with Crippen molar-refractivity contribution >= 4 is 51.5 Å². The monoisotopic (exact) mass is 370 g/mol. The molecule has 0 aliphatic rings. The molecule has 0 spiro atoms. The Kier molecular flexibility index (Phi) is 6.17. The largest absolute Gasteiger partial charge is 0.227 e. The minimum Gasteiger partial charge on any atom is -0.227 e. The molecule has 0 saturated carbocycles. The van der Waals surface area contributed by atoms with Crippen LogP contribution in [-0.4, -0.2) is 43.6 Å². The second-order valence-electron chi connectivity index (χ2n) is 2.68. The zero-order valence-electron chi connectivity index (χ0n) is 7.61. The molecule has 0 bridgehead atoms. The zero-order valence-corrected chi connectivity index (χ0v) is 12.4. The second-order valence-corrected chi connectivity index (χ2v) is 9.45. The van der Waals surface area contributed by atoms with Crippen LogP contribution in [0.3, 0.4) is 0 Å². The highest BCUT2D eigenvalue weighted by Crippen LogP contribution is 2.12. The molecule has 0 radical (unpaired) electrons. The highest BCUT2D eigenvalue weighted by atomic mass is 79.9.